The van der Waals surface area contributed by atoms with E-state index in [1.807, 2.05) is 0 Å². The number of allylic oxidation sites excluding steroid dienone is 2. The molecular formula is C15H30. The van der Waals surface area contributed by atoms with Crippen molar-refractivity contribution in [1.82, 2.24) is 0 Å². The molecule has 0 nitrogen and oxygen atoms in total. The van der Waals surface area contributed by atoms with Crippen LogP contribution in [0.1, 0.15) is 79.1 Å². The van der Waals surface area contributed by atoms with E-state index in [2.05, 4.69) is 33.8 Å². The number of hydrogen-bond acceptors (Lipinski definition) is 0. The Bertz CT molecular complexity index is 155. The smallest absolute Gasteiger partial charge is 0.0326 e. The Hall–Kier alpha value is -0.260. The van der Waals surface area contributed by atoms with Gasteiger partial charge in [0.1, 0.15) is 0 Å². The molecule has 0 heteroatoms. The summed E-state index contributed by atoms with van der Waals surface area (Å²) in [6.45, 7) is 9.20. The molecule has 0 saturated carbocycles. The maximum absolute atomic E-state index is 2.44. The zero-order valence-corrected chi connectivity index (χ0v) is 11.3. The van der Waals surface area contributed by atoms with Gasteiger partial charge in [0.25, 0.3) is 0 Å². The summed E-state index contributed by atoms with van der Waals surface area (Å²) in [6, 6.07) is 0. The van der Waals surface area contributed by atoms with Crippen molar-refractivity contribution in [2.75, 3.05) is 0 Å². The van der Waals surface area contributed by atoms with Crippen molar-refractivity contribution in [3.05, 3.63) is 11.6 Å². The molecule has 1 unspecified atom stereocenters. The van der Waals surface area contributed by atoms with E-state index in [9.17, 15) is 0 Å². The molecule has 0 aromatic carbocycles. The molecule has 0 N–H and O–H groups in total. The first-order chi connectivity index (χ1) is 7.20. The van der Waals surface area contributed by atoms with Gasteiger partial charge in [-0.1, -0.05) is 64.5 Å². The predicted octanol–water partition coefficient (Wildman–Crippen LogP) is 5.73. The van der Waals surface area contributed by atoms with Gasteiger partial charge >= 0.3 is 0 Å². The zero-order valence-electron chi connectivity index (χ0n) is 11.3. The fourth-order valence-electron chi connectivity index (χ4n) is 2.00. The summed E-state index contributed by atoms with van der Waals surface area (Å²) in [7, 11) is 0. The standard InChI is InChI=1S/C15H30/c1-5-7-8-11-15(4)13-9-12-14(3)10-6-2/h12,15H,5-11,13H2,1-4H3. The summed E-state index contributed by atoms with van der Waals surface area (Å²) < 4.78 is 0. The largest absolute Gasteiger partial charge is 0.0856 e. The van der Waals surface area contributed by atoms with Crippen LogP contribution in [0.3, 0.4) is 0 Å². The van der Waals surface area contributed by atoms with Crippen LogP contribution in [-0.4, -0.2) is 0 Å². The number of unbranched alkanes of at least 4 members (excludes halogenated alkanes) is 2. The Kier molecular flexibility index (Phi) is 10.1. The van der Waals surface area contributed by atoms with Gasteiger partial charge in [0.05, 0.1) is 0 Å². The molecule has 0 radical (unpaired) electrons. The molecule has 0 aliphatic carbocycles. The topological polar surface area (TPSA) is 0 Å². The van der Waals surface area contributed by atoms with Crippen LogP contribution in [0, 0.1) is 5.92 Å². The van der Waals surface area contributed by atoms with Gasteiger partial charge in [0.2, 0.25) is 0 Å². The van der Waals surface area contributed by atoms with Crippen molar-refractivity contribution < 1.29 is 0 Å². The molecule has 0 fully saturated rings. The quantitative estimate of drug-likeness (QED) is 0.337. The van der Waals surface area contributed by atoms with Crippen molar-refractivity contribution in [3.8, 4) is 0 Å². The molecular weight excluding hydrogens is 180 g/mol. The maximum Gasteiger partial charge on any atom is -0.0326 e. The lowest BCUT2D eigenvalue weighted by Crippen LogP contribution is -1.94. The Morgan fingerprint density at radius 1 is 1.07 bits per heavy atom. The summed E-state index contributed by atoms with van der Waals surface area (Å²) in [5.74, 6) is 0.919. The minimum Gasteiger partial charge on any atom is -0.0856 e. The number of rotatable bonds is 9. The molecule has 90 valence electrons. The second-order valence-electron chi connectivity index (χ2n) is 4.98. The van der Waals surface area contributed by atoms with Crippen LogP contribution < -0.4 is 0 Å². The highest BCUT2D eigenvalue weighted by molar-refractivity contribution is 4.97. The molecule has 0 amide bonds. The summed E-state index contributed by atoms with van der Waals surface area (Å²) >= 11 is 0. The first kappa shape index (κ1) is 14.7. The van der Waals surface area contributed by atoms with Crippen LogP contribution in [0.25, 0.3) is 0 Å². The van der Waals surface area contributed by atoms with Gasteiger partial charge < -0.3 is 0 Å². The van der Waals surface area contributed by atoms with E-state index in [1.54, 1.807) is 5.57 Å². The van der Waals surface area contributed by atoms with Crippen molar-refractivity contribution in [2.45, 2.75) is 79.1 Å². The molecule has 0 aromatic heterocycles. The van der Waals surface area contributed by atoms with Crippen LogP contribution in [0.5, 0.6) is 0 Å². The highest BCUT2D eigenvalue weighted by Crippen LogP contribution is 2.16. The lowest BCUT2D eigenvalue weighted by Gasteiger charge is -2.09. The Morgan fingerprint density at radius 3 is 2.40 bits per heavy atom. The molecule has 0 saturated heterocycles. The van der Waals surface area contributed by atoms with Crippen molar-refractivity contribution >= 4 is 0 Å². The summed E-state index contributed by atoms with van der Waals surface area (Å²) in [5.41, 5.74) is 1.58. The molecule has 0 rings (SSSR count). The van der Waals surface area contributed by atoms with Crippen molar-refractivity contribution in [3.63, 3.8) is 0 Å². The molecule has 0 spiro atoms. The van der Waals surface area contributed by atoms with E-state index in [0.717, 1.165) is 5.92 Å². The predicted molar refractivity (Wildman–Crippen MR) is 71.2 cm³/mol. The number of hydrogen-bond donors (Lipinski definition) is 0. The average Bonchev–Trinajstić information content (AvgIpc) is 2.18. The summed E-state index contributed by atoms with van der Waals surface area (Å²) in [5, 5.41) is 0. The molecule has 0 bridgehead atoms. The second kappa shape index (κ2) is 10.3. The normalized spacial score (nSPS) is 14.3. The van der Waals surface area contributed by atoms with Crippen molar-refractivity contribution in [2.24, 2.45) is 5.92 Å². The molecule has 0 aromatic rings. The monoisotopic (exact) mass is 210 g/mol. The first-order valence-corrected chi connectivity index (χ1v) is 6.86. The zero-order chi connectivity index (χ0) is 11.5. The molecule has 15 heavy (non-hydrogen) atoms. The molecule has 0 aliphatic rings. The third-order valence-electron chi connectivity index (χ3n) is 3.10. The first-order valence-electron chi connectivity index (χ1n) is 6.86. The average molecular weight is 210 g/mol. The van der Waals surface area contributed by atoms with E-state index in [1.165, 1.54) is 51.4 Å². The Labute approximate surface area is 97.2 Å². The van der Waals surface area contributed by atoms with Gasteiger partial charge in [-0.2, -0.15) is 0 Å². The Morgan fingerprint density at radius 2 is 1.80 bits per heavy atom. The van der Waals surface area contributed by atoms with Gasteiger partial charge in [-0.25, -0.2) is 0 Å². The third kappa shape index (κ3) is 10.0. The van der Waals surface area contributed by atoms with Gasteiger partial charge in [-0.15, -0.1) is 0 Å². The molecule has 0 aliphatic heterocycles. The van der Waals surface area contributed by atoms with E-state index < -0.39 is 0 Å². The van der Waals surface area contributed by atoms with Gasteiger partial charge in [0.15, 0.2) is 0 Å². The minimum atomic E-state index is 0.919. The summed E-state index contributed by atoms with van der Waals surface area (Å²) in [6.07, 6.45) is 13.3. The Balaban J connectivity index is 3.44. The minimum absolute atomic E-state index is 0.919. The van der Waals surface area contributed by atoms with Crippen LogP contribution in [-0.2, 0) is 0 Å². The molecule has 1 atom stereocenters. The van der Waals surface area contributed by atoms with Gasteiger partial charge in [-0.3, -0.25) is 0 Å². The fourth-order valence-corrected chi connectivity index (χ4v) is 2.00. The van der Waals surface area contributed by atoms with Crippen LogP contribution in [0.2, 0.25) is 0 Å². The van der Waals surface area contributed by atoms with E-state index in [4.69, 9.17) is 0 Å². The highest BCUT2D eigenvalue weighted by Gasteiger charge is 2.00. The SMILES string of the molecule is CCCCCC(C)CCC=C(C)CCC. The van der Waals surface area contributed by atoms with E-state index in [-0.39, 0.29) is 0 Å². The van der Waals surface area contributed by atoms with E-state index in [0.29, 0.717) is 0 Å². The van der Waals surface area contributed by atoms with Gasteiger partial charge in [0, 0.05) is 0 Å². The van der Waals surface area contributed by atoms with Crippen LogP contribution in [0.4, 0.5) is 0 Å². The highest BCUT2D eigenvalue weighted by atomic mass is 14.1. The van der Waals surface area contributed by atoms with E-state index >= 15 is 0 Å². The summed E-state index contributed by atoms with van der Waals surface area (Å²) in [4.78, 5) is 0. The van der Waals surface area contributed by atoms with Gasteiger partial charge in [-0.05, 0) is 32.1 Å². The fraction of sp³-hybridized carbons (Fsp3) is 0.867. The maximum atomic E-state index is 2.44. The molecule has 0 heterocycles. The lowest BCUT2D eigenvalue weighted by molar-refractivity contribution is 0.467. The third-order valence-corrected chi connectivity index (χ3v) is 3.10. The second-order valence-corrected chi connectivity index (χ2v) is 4.98. The van der Waals surface area contributed by atoms with Crippen molar-refractivity contribution in [1.29, 1.82) is 0 Å². The van der Waals surface area contributed by atoms with Crippen LogP contribution >= 0.6 is 0 Å². The van der Waals surface area contributed by atoms with Crippen LogP contribution in [0.15, 0.2) is 11.6 Å². The lowest BCUT2D eigenvalue weighted by atomic mass is 9.97.